The van der Waals surface area contributed by atoms with Crippen molar-refractivity contribution in [2.24, 2.45) is 0 Å². The summed E-state index contributed by atoms with van der Waals surface area (Å²) in [6.45, 7) is 4.19. The van der Waals surface area contributed by atoms with E-state index in [1.165, 1.54) is 11.1 Å². The SMILES string of the molecule is Cc1cc(C)cc(-n2nnc(-c3ccccc3)c2I)c1. The number of rotatable bonds is 2. The van der Waals surface area contributed by atoms with Gasteiger partial charge in [0.25, 0.3) is 0 Å². The zero-order valence-electron chi connectivity index (χ0n) is 11.3. The molecule has 3 rings (SSSR count). The van der Waals surface area contributed by atoms with Crippen molar-refractivity contribution >= 4 is 22.6 Å². The van der Waals surface area contributed by atoms with Crippen molar-refractivity contribution in [3.05, 3.63) is 63.4 Å². The smallest absolute Gasteiger partial charge is 0.133 e. The van der Waals surface area contributed by atoms with Crippen LogP contribution >= 0.6 is 22.6 Å². The van der Waals surface area contributed by atoms with E-state index in [2.05, 4.69) is 77.1 Å². The van der Waals surface area contributed by atoms with Gasteiger partial charge in [-0.15, -0.1) is 5.10 Å². The van der Waals surface area contributed by atoms with Crippen molar-refractivity contribution in [1.82, 2.24) is 15.0 Å². The third-order valence-corrected chi connectivity index (χ3v) is 4.08. The van der Waals surface area contributed by atoms with Gasteiger partial charge in [0.05, 0.1) is 5.69 Å². The highest BCUT2D eigenvalue weighted by atomic mass is 127. The molecule has 3 aromatic rings. The molecule has 0 fully saturated rings. The van der Waals surface area contributed by atoms with E-state index in [-0.39, 0.29) is 0 Å². The lowest BCUT2D eigenvalue weighted by Gasteiger charge is -2.05. The molecule has 1 heterocycles. The first kappa shape index (κ1) is 13.3. The molecule has 0 radical (unpaired) electrons. The van der Waals surface area contributed by atoms with Crippen LogP contribution in [0.25, 0.3) is 16.9 Å². The molecule has 0 unspecified atom stereocenters. The van der Waals surface area contributed by atoms with Crippen molar-refractivity contribution in [3.63, 3.8) is 0 Å². The summed E-state index contributed by atoms with van der Waals surface area (Å²) in [7, 11) is 0. The highest BCUT2D eigenvalue weighted by Crippen LogP contribution is 2.25. The molecule has 3 nitrogen and oxygen atoms in total. The molecule has 4 heteroatoms. The summed E-state index contributed by atoms with van der Waals surface area (Å²) in [6.07, 6.45) is 0. The molecule has 0 amide bonds. The Hall–Kier alpha value is -1.69. The maximum atomic E-state index is 4.33. The maximum absolute atomic E-state index is 4.33. The lowest BCUT2D eigenvalue weighted by Crippen LogP contribution is -2.00. The second-order valence-electron chi connectivity index (χ2n) is 4.85. The van der Waals surface area contributed by atoms with Gasteiger partial charge in [0.15, 0.2) is 0 Å². The second kappa shape index (κ2) is 5.36. The van der Waals surface area contributed by atoms with Crippen molar-refractivity contribution in [3.8, 4) is 16.9 Å². The molecule has 0 aliphatic heterocycles. The van der Waals surface area contributed by atoms with E-state index < -0.39 is 0 Å². The molecule has 0 N–H and O–H groups in total. The second-order valence-corrected chi connectivity index (χ2v) is 5.87. The van der Waals surface area contributed by atoms with Crippen molar-refractivity contribution in [2.45, 2.75) is 13.8 Å². The van der Waals surface area contributed by atoms with Crippen LogP contribution in [-0.4, -0.2) is 15.0 Å². The van der Waals surface area contributed by atoms with Crippen LogP contribution in [0.1, 0.15) is 11.1 Å². The van der Waals surface area contributed by atoms with Crippen molar-refractivity contribution < 1.29 is 0 Å². The molecular weight excluding hydrogens is 361 g/mol. The first-order chi connectivity index (χ1) is 9.65. The average Bonchev–Trinajstić information content (AvgIpc) is 2.80. The topological polar surface area (TPSA) is 30.7 Å². The number of hydrogen-bond donors (Lipinski definition) is 0. The van der Waals surface area contributed by atoms with E-state index in [1.54, 1.807) is 0 Å². The minimum absolute atomic E-state index is 0.922. The lowest BCUT2D eigenvalue weighted by molar-refractivity contribution is 0.789. The van der Waals surface area contributed by atoms with Crippen LogP contribution in [0, 0.1) is 17.5 Å². The molecular formula is C16H14IN3. The Bertz CT molecular complexity index is 727. The van der Waals surface area contributed by atoms with Crippen LogP contribution in [0.2, 0.25) is 0 Å². The van der Waals surface area contributed by atoms with Gasteiger partial charge in [-0.1, -0.05) is 41.6 Å². The summed E-state index contributed by atoms with van der Waals surface area (Å²) >= 11 is 2.30. The van der Waals surface area contributed by atoms with Gasteiger partial charge in [-0.05, 0) is 59.7 Å². The van der Waals surface area contributed by atoms with Gasteiger partial charge in [0, 0.05) is 5.56 Å². The minimum atomic E-state index is 0.922. The Morgan fingerprint density at radius 2 is 1.60 bits per heavy atom. The Morgan fingerprint density at radius 1 is 0.950 bits per heavy atom. The Kier molecular flexibility index (Phi) is 3.56. The fourth-order valence-corrected chi connectivity index (χ4v) is 3.08. The minimum Gasteiger partial charge on any atom is -0.207 e. The Morgan fingerprint density at radius 3 is 2.25 bits per heavy atom. The first-order valence-corrected chi connectivity index (χ1v) is 7.48. The van der Waals surface area contributed by atoms with Gasteiger partial charge >= 0.3 is 0 Å². The Labute approximate surface area is 131 Å². The van der Waals surface area contributed by atoms with Crippen LogP contribution < -0.4 is 0 Å². The van der Waals surface area contributed by atoms with Gasteiger partial charge in [-0.25, -0.2) is 4.68 Å². The number of aromatic nitrogens is 3. The highest BCUT2D eigenvalue weighted by Gasteiger charge is 2.13. The molecule has 0 saturated heterocycles. The fraction of sp³-hybridized carbons (Fsp3) is 0.125. The zero-order valence-corrected chi connectivity index (χ0v) is 13.5. The van der Waals surface area contributed by atoms with Crippen molar-refractivity contribution in [1.29, 1.82) is 0 Å². The summed E-state index contributed by atoms with van der Waals surface area (Å²) in [4.78, 5) is 0. The van der Waals surface area contributed by atoms with E-state index in [0.717, 1.165) is 20.6 Å². The van der Waals surface area contributed by atoms with E-state index >= 15 is 0 Å². The van der Waals surface area contributed by atoms with E-state index in [1.807, 2.05) is 22.9 Å². The lowest BCUT2D eigenvalue weighted by atomic mass is 10.1. The molecule has 20 heavy (non-hydrogen) atoms. The predicted octanol–water partition coefficient (Wildman–Crippen LogP) is 4.16. The average molecular weight is 375 g/mol. The maximum Gasteiger partial charge on any atom is 0.133 e. The van der Waals surface area contributed by atoms with Gasteiger partial charge in [-0.2, -0.15) is 0 Å². The molecule has 2 aromatic carbocycles. The number of halogens is 1. The molecule has 1 aromatic heterocycles. The summed E-state index contributed by atoms with van der Waals surface area (Å²) < 4.78 is 2.92. The van der Waals surface area contributed by atoms with Crippen LogP contribution in [0.4, 0.5) is 0 Å². The highest BCUT2D eigenvalue weighted by molar-refractivity contribution is 14.1. The van der Waals surface area contributed by atoms with E-state index in [4.69, 9.17) is 0 Å². The Balaban J connectivity index is 2.11. The number of nitrogens with zero attached hydrogens (tertiary/aromatic N) is 3. The number of benzene rings is 2. The summed E-state index contributed by atoms with van der Waals surface area (Å²) in [5, 5.41) is 8.63. The fourth-order valence-electron chi connectivity index (χ4n) is 2.28. The quantitative estimate of drug-likeness (QED) is 0.630. The number of aryl methyl sites for hydroxylation is 2. The third kappa shape index (κ3) is 2.47. The molecule has 0 aliphatic carbocycles. The summed E-state index contributed by atoms with van der Waals surface area (Å²) in [5.74, 6) is 0. The third-order valence-electron chi connectivity index (χ3n) is 3.11. The monoisotopic (exact) mass is 375 g/mol. The van der Waals surface area contributed by atoms with E-state index in [9.17, 15) is 0 Å². The standard InChI is InChI=1S/C16H14IN3/c1-11-8-12(2)10-14(9-11)20-16(17)15(18-19-20)13-6-4-3-5-7-13/h3-10H,1-2H3. The van der Waals surface area contributed by atoms with Gasteiger partial charge in [0.1, 0.15) is 9.39 Å². The first-order valence-electron chi connectivity index (χ1n) is 6.40. The summed E-state index contributed by atoms with van der Waals surface area (Å²) in [5.41, 5.74) is 5.53. The predicted molar refractivity (Wildman–Crippen MR) is 89.0 cm³/mol. The van der Waals surface area contributed by atoms with Crippen molar-refractivity contribution in [2.75, 3.05) is 0 Å². The molecule has 0 saturated carbocycles. The zero-order chi connectivity index (χ0) is 14.1. The largest absolute Gasteiger partial charge is 0.207 e. The van der Waals surface area contributed by atoms with Crippen LogP contribution in [-0.2, 0) is 0 Å². The molecule has 100 valence electrons. The molecule has 0 spiro atoms. The molecule has 0 atom stereocenters. The van der Waals surface area contributed by atoms with Crippen LogP contribution in [0.15, 0.2) is 48.5 Å². The van der Waals surface area contributed by atoms with Gasteiger partial charge < -0.3 is 0 Å². The normalized spacial score (nSPS) is 10.8. The molecule has 0 aliphatic rings. The van der Waals surface area contributed by atoms with E-state index in [0.29, 0.717) is 0 Å². The van der Waals surface area contributed by atoms with Gasteiger partial charge in [0.2, 0.25) is 0 Å². The van der Waals surface area contributed by atoms with Crippen LogP contribution in [0.5, 0.6) is 0 Å². The van der Waals surface area contributed by atoms with Gasteiger partial charge in [-0.3, -0.25) is 0 Å². The number of hydrogen-bond acceptors (Lipinski definition) is 2. The summed E-state index contributed by atoms with van der Waals surface area (Å²) in [6, 6.07) is 16.5. The van der Waals surface area contributed by atoms with Crippen LogP contribution in [0.3, 0.4) is 0 Å². The molecule has 0 bridgehead atoms.